The molecule has 1 saturated carbocycles. The van der Waals surface area contributed by atoms with Crippen molar-refractivity contribution < 1.29 is 5.11 Å². The summed E-state index contributed by atoms with van der Waals surface area (Å²) in [4.78, 5) is 0. The quantitative estimate of drug-likeness (QED) is 0.854. The van der Waals surface area contributed by atoms with E-state index in [0.29, 0.717) is 5.92 Å². The monoisotopic (exact) mass is 255 g/mol. The van der Waals surface area contributed by atoms with Crippen molar-refractivity contribution in [1.29, 1.82) is 0 Å². The summed E-state index contributed by atoms with van der Waals surface area (Å²) in [5.74, 6) is 0.866. The highest BCUT2D eigenvalue weighted by molar-refractivity contribution is 9.10. The molecule has 0 aromatic heterocycles. The SMILES string of the molecule is N[C@@H](c1cccc(O)c1Br)C1CCC1. The number of halogens is 1. The number of hydrogen-bond donors (Lipinski definition) is 2. The van der Waals surface area contributed by atoms with E-state index in [1.165, 1.54) is 19.3 Å². The van der Waals surface area contributed by atoms with E-state index < -0.39 is 0 Å². The Bertz CT molecular complexity index is 336. The number of hydrogen-bond acceptors (Lipinski definition) is 2. The fraction of sp³-hybridized carbons (Fsp3) is 0.455. The van der Waals surface area contributed by atoms with Crippen LogP contribution in [0, 0.1) is 5.92 Å². The van der Waals surface area contributed by atoms with E-state index in [2.05, 4.69) is 15.9 Å². The van der Waals surface area contributed by atoms with Gasteiger partial charge in [0.2, 0.25) is 0 Å². The summed E-state index contributed by atoms with van der Waals surface area (Å²) < 4.78 is 0.749. The summed E-state index contributed by atoms with van der Waals surface area (Å²) in [5.41, 5.74) is 7.15. The Hall–Kier alpha value is -0.540. The lowest BCUT2D eigenvalue weighted by Gasteiger charge is -2.32. The first-order valence-electron chi connectivity index (χ1n) is 4.93. The van der Waals surface area contributed by atoms with Crippen molar-refractivity contribution >= 4 is 15.9 Å². The number of rotatable bonds is 2. The number of aromatic hydroxyl groups is 1. The number of phenolic OH excluding ortho intramolecular Hbond substituents is 1. The molecule has 1 aliphatic carbocycles. The van der Waals surface area contributed by atoms with Gasteiger partial charge in [0.25, 0.3) is 0 Å². The van der Waals surface area contributed by atoms with Gasteiger partial charge in [0.1, 0.15) is 5.75 Å². The fourth-order valence-electron chi connectivity index (χ4n) is 1.85. The zero-order chi connectivity index (χ0) is 10.1. The van der Waals surface area contributed by atoms with Gasteiger partial charge in [-0.25, -0.2) is 0 Å². The van der Waals surface area contributed by atoms with E-state index in [4.69, 9.17) is 5.73 Å². The number of benzene rings is 1. The molecule has 2 rings (SSSR count). The Morgan fingerprint density at radius 1 is 1.43 bits per heavy atom. The Kier molecular flexibility index (Phi) is 2.79. The predicted octanol–water partition coefficient (Wildman–Crippen LogP) is 2.95. The van der Waals surface area contributed by atoms with Gasteiger partial charge in [0, 0.05) is 6.04 Å². The first-order valence-corrected chi connectivity index (χ1v) is 5.72. The first-order chi connectivity index (χ1) is 6.70. The molecule has 1 fully saturated rings. The second-order valence-corrected chi connectivity index (χ2v) is 4.69. The summed E-state index contributed by atoms with van der Waals surface area (Å²) in [5, 5.41) is 9.52. The molecule has 0 heterocycles. The summed E-state index contributed by atoms with van der Waals surface area (Å²) in [6, 6.07) is 5.55. The Balaban J connectivity index is 2.26. The van der Waals surface area contributed by atoms with Crippen molar-refractivity contribution in [3.05, 3.63) is 28.2 Å². The zero-order valence-electron chi connectivity index (χ0n) is 7.91. The lowest BCUT2D eigenvalue weighted by Crippen LogP contribution is -2.27. The molecule has 3 N–H and O–H groups in total. The number of nitrogens with two attached hydrogens (primary N) is 1. The van der Waals surface area contributed by atoms with Gasteiger partial charge in [0.15, 0.2) is 0 Å². The van der Waals surface area contributed by atoms with Crippen LogP contribution in [0.25, 0.3) is 0 Å². The molecule has 1 aromatic rings. The van der Waals surface area contributed by atoms with E-state index in [-0.39, 0.29) is 11.8 Å². The molecule has 1 aliphatic rings. The van der Waals surface area contributed by atoms with Gasteiger partial charge < -0.3 is 10.8 Å². The van der Waals surface area contributed by atoms with Crippen molar-refractivity contribution in [1.82, 2.24) is 0 Å². The van der Waals surface area contributed by atoms with Crippen LogP contribution in [0.5, 0.6) is 5.75 Å². The maximum Gasteiger partial charge on any atom is 0.130 e. The van der Waals surface area contributed by atoms with Gasteiger partial charge in [-0.15, -0.1) is 0 Å². The lowest BCUT2D eigenvalue weighted by atomic mass is 9.77. The normalized spacial score (nSPS) is 19.0. The molecule has 0 bridgehead atoms. The smallest absolute Gasteiger partial charge is 0.130 e. The maximum atomic E-state index is 9.52. The van der Waals surface area contributed by atoms with Gasteiger partial charge in [-0.3, -0.25) is 0 Å². The Morgan fingerprint density at radius 3 is 2.71 bits per heavy atom. The molecular formula is C11H14BrNO. The average Bonchev–Trinajstić information content (AvgIpc) is 2.06. The third-order valence-corrected chi connectivity index (χ3v) is 3.89. The lowest BCUT2D eigenvalue weighted by molar-refractivity contribution is 0.263. The third kappa shape index (κ3) is 1.66. The standard InChI is InChI=1S/C11H14BrNO/c12-10-8(5-2-6-9(10)14)11(13)7-3-1-4-7/h2,5-7,11,14H,1,3-4,13H2/t11-/m1/s1. The topological polar surface area (TPSA) is 46.2 Å². The molecule has 1 aromatic carbocycles. The van der Waals surface area contributed by atoms with Crippen molar-refractivity contribution in [3.8, 4) is 5.75 Å². The Labute approximate surface area is 92.3 Å². The van der Waals surface area contributed by atoms with E-state index in [1.54, 1.807) is 6.07 Å². The number of phenols is 1. The van der Waals surface area contributed by atoms with Crippen LogP contribution in [-0.4, -0.2) is 5.11 Å². The van der Waals surface area contributed by atoms with Crippen molar-refractivity contribution in [3.63, 3.8) is 0 Å². The van der Waals surface area contributed by atoms with Crippen LogP contribution >= 0.6 is 15.9 Å². The van der Waals surface area contributed by atoms with Crippen molar-refractivity contribution in [2.75, 3.05) is 0 Å². The van der Waals surface area contributed by atoms with Gasteiger partial charge in [0.05, 0.1) is 4.47 Å². The largest absolute Gasteiger partial charge is 0.507 e. The molecule has 2 nitrogen and oxygen atoms in total. The second-order valence-electron chi connectivity index (χ2n) is 3.90. The highest BCUT2D eigenvalue weighted by Crippen LogP contribution is 2.40. The average molecular weight is 256 g/mol. The minimum atomic E-state index is 0.0604. The minimum absolute atomic E-state index is 0.0604. The van der Waals surface area contributed by atoms with Crippen molar-refractivity contribution in [2.24, 2.45) is 11.7 Å². The van der Waals surface area contributed by atoms with E-state index in [1.807, 2.05) is 12.1 Å². The van der Waals surface area contributed by atoms with Crippen LogP contribution in [0.4, 0.5) is 0 Å². The van der Waals surface area contributed by atoms with Gasteiger partial charge in [-0.2, -0.15) is 0 Å². The molecule has 0 spiro atoms. The molecule has 14 heavy (non-hydrogen) atoms. The summed E-state index contributed by atoms with van der Waals surface area (Å²) in [7, 11) is 0. The summed E-state index contributed by atoms with van der Waals surface area (Å²) in [6.07, 6.45) is 3.71. The molecule has 0 aliphatic heterocycles. The fourth-order valence-corrected chi connectivity index (χ4v) is 2.38. The molecule has 1 atom stereocenters. The van der Waals surface area contributed by atoms with Crippen LogP contribution in [-0.2, 0) is 0 Å². The van der Waals surface area contributed by atoms with Crippen LogP contribution in [0.2, 0.25) is 0 Å². The summed E-state index contributed by atoms with van der Waals surface area (Å²) >= 11 is 3.37. The summed E-state index contributed by atoms with van der Waals surface area (Å²) in [6.45, 7) is 0. The molecule has 76 valence electrons. The van der Waals surface area contributed by atoms with Crippen molar-refractivity contribution in [2.45, 2.75) is 25.3 Å². The Morgan fingerprint density at radius 2 is 2.14 bits per heavy atom. The van der Waals surface area contributed by atoms with Gasteiger partial charge >= 0.3 is 0 Å². The zero-order valence-corrected chi connectivity index (χ0v) is 9.50. The third-order valence-electron chi connectivity index (χ3n) is 3.03. The highest BCUT2D eigenvalue weighted by Gasteiger charge is 2.27. The van der Waals surface area contributed by atoms with Crippen LogP contribution < -0.4 is 5.73 Å². The molecule has 0 radical (unpaired) electrons. The molecule has 3 heteroatoms. The molecule has 0 saturated heterocycles. The van der Waals surface area contributed by atoms with E-state index >= 15 is 0 Å². The second kappa shape index (κ2) is 3.91. The molecular weight excluding hydrogens is 242 g/mol. The van der Waals surface area contributed by atoms with Crippen LogP contribution in [0.3, 0.4) is 0 Å². The van der Waals surface area contributed by atoms with Gasteiger partial charge in [-0.1, -0.05) is 18.6 Å². The predicted molar refractivity (Wildman–Crippen MR) is 60.1 cm³/mol. The van der Waals surface area contributed by atoms with Crippen LogP contribution in [0.15, 0.2) is 22.7 Å². The first kappa shape index (κ1) is 9.99. The van der Waals surface area contributed by atoms with Gasteiger partial charge in [-0.05, 0) is 46.3 Å². The molecule has 0 amide bonds. The highest BCUT2D eigenvalue weighted by atomic mass is 79.9. The van der Waals surface area contributed by atoms with E-state index in [0.717, 1.165) is 10.0 Å². The molecule has 0 unspecified atom stereocenters. The maximum absolute atomic E-state index is 9.52. The minimum Gasteiger partial charge on any atom is -0.507 e. The van der Waals surface area contributed by atoms with E-state index in [9.17, 15) is 5.11 Å². The van der Waals surface area contributed by atoms with Crippen LogP contribution in [0.1, 0.15) is 30.9 Å².